The molecule has 10 nitrogen and oxygen atoms in total. The minimum Gasteiger partial charge on any atom is -0.459 e. The summed E-state index contributed by atoms with van der Waals surface area (Å²) >= 11 is 0. The molecular weight excluding hydrogens is 454 g/mol. The monoisotopic (exact) mass is 479 g/mol. The Morgan fingerprint density at radius 2 is 2.03 bits per heavy atom. The van der Waals surface area contributed by atoms with E-state index in [1.54, 1.807) is 49.4 Å². The molecule has 1 unspecified atom stereocenters. The molecule has 0 saturated heterocycles. The van der Waals surface area contributed by atoms with Crippen molar-refractivity contribution in [1.29, 1.82) is 0 Å². The molecule has 3 aromatic rings. The van der Waals surface area contributed by atoms with Crippen LogP contribution >= 0.6 is 8.25 Å². The number of alkyl halides is 1. The number of hydrogen-bond acceptors (Lipinski definition) is 9. The molecule has 1 aromatic carbocycles. The highest BCUT2D eigenvalue weighted by Crippen LogP contribution is 2.32. The van der Waals surface area contributed by atoms with E-state index in [4.69, 9.17) is 24.3 Å². The van der Waals surface area contributed by atoms with Gasteiger partial charge in [-0.25, -0.2) is 18.4 Å². The van der Waals surface area contributed by atoms with Crippen LogP contribution in [0.3, 0.4) is 0 Å². The molecule has 3 rings (SSSR count). The summed E-state index contributed by atoms with van der Waals surface area (Å²) in [6, 6.07) is 11.8. The zero-order valence-electron chi connectivity index (χ0n) is 18.2. The lowest BCUT2D eigenvalue weighted by Gasteiger charge is -2.34. The van der Waals surface area contributed by atoms with Crippen molar-refractivity contribution in [1.82, 2.24) is 14.6 Å². The lowest BCUT2D eigenvalue weighted by Crippen LogP contribution is -2.53. The summed E-state index contributed by atoms with van der Waals surface area (Å²) < 4.78 is 49.8. The van der Waals surface area contributed by atoms with Gasteiger partial charge in [0.2, 0.25) is 0 Å². The van der Waals surface area contributed by atoms with Crippen molar-refractivity contribution in [3.05, 3.63) is 54.5 Å². The van der Waals surface area contributed by atoms with E-state index in [1.165, 1.54) is 18.0 Å². The number of nitrogens with zero attached hydrogens (tertiary/aromatic N) is 3. The summed E-state index contributed by atoms with van der Waals surface area (Å²) in [4.78, 5) is 16.1. The summed E-state index contributed by atoms with van der Waals surface area (Å²) in [6.45, 7) is 0.0369. The molecule has 0 bridgehead atoms. The van der Waals surface area contributed by atoms with E-state index in [0.717, 1.165) is 0 Å². The number of benzene rings is 1. The van der Waals surface area contributed by atoms with Gasteiger partial charge in [-0.1, -0.05) is 25.1 Å². The highest BCUT2D eigenvalue weighted by atomic mass is 31.1. The maximum absolute atomic E-state index is 14.4. The van der Waals surface area contributed by atoms with Gasteiger partial charge in [-0.2, -0.15) is 5.10 Å². The first-order valence-electron chi connectivity index (χ1n) is 10.1. The Morgan fingerprint density at radius 1 is 1.27 bits per heavy atom. The molecule has 0 fully saturated rings. The first-order valence-corrected chi connectivity index (χ1v) is 11.2. The van der Waals surface area contributed by atoms with Crippen molar-refractivity contribution in [3.8, 4) is 5.75 Å². The number of nitrogens with two attached hydrogens (primary N) is 1. The van der Waals surface area contributed by atoms with Crippen LogP contribution in [-0.2, 0) is 29.8 Å². The molecule has 3 atom stereocenters. The number of nitrogen functional groups attached to an aromatic ring is 1. The quantitative estimate of drug-likeness (QED) is 0.307. The third-order valence-electron chi connectivity index (χ3n) is 5.07. The van der Waals surface area contributed by atoms with Crippen molar-refractivity contribution in [2.75, 3.05) is 26.1 Å². The van der Waals surface area contributed by atoms with Gasteiger partial charge in [0.1, 0.15) is 31.2 Å². The lowest BCUT2D eigenvalue weighted by molar-refractivity contribution is -0.178. The Kier molecular flexibility index (Phi) is 8.26. The van der Waals surface area contributed by atoms with Gasteiger partial charge in [-0.3, -0.25) is 4.79 Å². The Morgan fingerprint density at radius 3 is 2.70 bits per heavy atom. The number of ether oxygens (including phenoxy) is 2. The average molecular weight is 479 g/mol. The standard InChI is InChI=1S/C21H25FN4O6P/c1-3-19(27)31-18(11-15-9-10-17-20(23)24-14-25-26(15)17)21(12-22,29-2)13-30-33(28)32-16-7-5-4-6-8-16/h4-10,14,18H,3,11-13H2,1-2H3,(H2,23,24,25)/q+1/t18-,21+/m0/s1. The maximum Gasteiger partial charge on any atom is 0.750 e. The van der Waals surface area contributed by atoms with Gasteiger partial charge in [0.05, 0.1) is 0 Å². The SMILES string of the molecule is CCC(=O)O[C@@H](Cc1ccc2c(N)ncnn12)[C@@](CF)(CO[P+](=O)Oc1ccccc1)OC. The fourth-order valence-corrected chi connectivity index (χ4v) is 3.82. The number of fused-ring (bicyclic) bond motifs is 1. The second-order valence-corrected chi connectivity index (χ2v) is 8.00. The van der Waals surface area contributed by atoms with Crippen molar-refractivity contribution < 1.29 is 32.3 Å². The molecule has 0 amide bonds. The predicted octanol–water partition coefficient (Wildman–Crippen LogP) is 3.28. The van der Waals surface area contributed by atoms with Gasteiger partial charge in [0.25, 0.3) is 0 Å². The van der Waals surface area contributed by atoms with Crippen LogP contribution < -0.4 is 10.3 Å². The topological polar surface area (TPSA) is 127 Å². The molecule has 33 heavy (non-hydrogen) atoms. The van der Waals surface area contributed by atoms with Gasteiger partial charge in [-0.05, 0) is 24.3 Å². The normalized spacial score (nSPS) is 14.5. The molecule has 2 heterocycles. The number of carbonyl (C=O) groups excluding carboxylic acids is 1. The summed E-state index contributed by atoms with van der Waals surface area (Å²) in [5.74, 6) is 0.0304. The number of hydrogen-bond donors (Lipinski definition) is 1. The Bertz CT molecular complexity index is 1090. The molecule has 2 N–H and O–H groups in total. The number of methoxy groups -OCH3 is 1. The summed E-state index contributed by atoms with van der Waals surface area (Å²) in [6.07, 6.45) is 0.244. The van der Waals surface area contributed by atoms with E-state index in [-0.39, 0.29) is 18.7 Å². The second-order valence-electron chi connectivity index (χ2n) is 7.11. The van der Waals surface area contributed by atoms with Crippen LogP contribution in [0.5, 0.6) is 5.75 Å². The molecule has 12 heteroatoms. The molecule has 0 saturated carbocycles. The van der Waals surface area contributed by atoms with Crippen LogP contribution in [0, 0.1) is 0 Å². The third-order valence-corrected chi connectivity index (χ3v) is 5.77. The van der Waals surface area contributed by atoms with Crippen molar-refractivity contribution in [2.45, 2.75) is 31.5 Å². The van der Waals surface area contributed by atoms with Gasteiger partial charge < -0.3 is 15.2 Å². The molecule has 0 radical (unpaired) electrons. The van der Waals surface area contributed by atoms with Crippen LogP contribution in [0.25, 0.3) is 5.52 Å². The largest absolute Gasteiger partial charge is 0.750 e. The number of rotatable bonds is 12. The molecule has 176 valence electrons. The highest BCUT2D eigenvalue weighted by molar-refractivity contribution is 7.33. The van der Waals surface area contributed by atoms with Gasteiger partial charge >= 0.3 is 14.2 Å². The maximum atomic E-state index is 14.4. The number of halogens is 1. The van der Waals surface area contributed by atoms with Gasteiger partial charge in [0.15, 0.2) is 17.2 Å². The Labute approximate surface area is 190 Å². The molecule has 0 spiro atoms. The second kappa shape index (κ2) is 11.1. The van der Waals surface area contributed by atoms with Crippen molar-refractivity contribution >= 4 is 25.6 Å². The van der Waals surface area contributed by atoms with Crippen LogP contribution in [0.2, 0.25) is 0 Å². The minimum absolute atomic E-state index is 0.0216. The number of esters is 1. The number of carbonyl (C=O) groups is 1. The molecule has 0 aliphatic carbocycles. The molecular formula is C21H25FN4O6P+. The number of anilines is 1. The van der Waals surface area contributed by atoms with Crippen molar-refractivity contribution in [2.24, 2.45) is 0 Å². The Balaban J connectivity index is 1.83. The van der Waals surface area contributed by atoms with Gasteiger partial charge in [0, 0.05) is 30.2 Å². The zero-order chi connectivity index (χ0) is 23.8. The first-order chi connectivity index (χ1) is 15.9. The zero-order valence-corrected chi connectivity index (χ0v) is 19.1. The van der Waals surface area contributed by atoms with E-state index >= 15 is 0 Å². The number of para-hydroxylation sites is 1. The van der Waals surface area contributed by atoms with E-state index < -0.39 is 39.2 Å². The molecule has 2 aromatic heterocycles. The van der Waals surface area contributed by atoms with E-state index in [0.29, 0.717) is 17.0 Å². The summed E-state index contributed by atoms with van der Waals surface area (Å²) in [5.41, 5.74) is 5.25. The average Bonchev–Trinajstić information content (AvgIpc) is 3.24. The first kappa shape index (κ1) is 24.5. The van der Waals surface area contributed by atoms with Crippen LogP contribution in [0.15, 0.2) is 48.8 Å². The van der Waals surface area contributed by atoms with Crippen molar-refractivity contribution in [3.63, 3.8) is 0 Å². The van der Waals surface area contributed by atoms with Crippen LogP contribution in [0.4, 0.5) is 10.2 Å². The molecule has 0 aliphatic rings. The van der Waals surface area contributed by atoms with E-state index in [2.05, 4.69) is 10.1 Å². The minimum atomic E-state index is -2.64. The third kappa shape index (κ3) is 5.81. The summed E-state index contributed by atoms with van der Waals surface area (Å²) in [7, 11) is -1.38. The smallest absolute Gasteiger partial charge is 0.459 e. The number of aromatic nitrogens is 3. The highest BCUT2D eigenvalue weighted by Gasteiger charge is 2.46. The van der Waals surface area contributed by atoms with Crippen LogP contribution in [0.1, 0.15) is 19.0 Å². The Hall–Kier alpha value is -3.14. The fraction of sp³-hybridized carbons (Fsp3) is 0.381. The van der Waals surface area contributed by atoms with E-state index in [9.17, 15) is 13.8 Å². The lowest BCUT2D eigenvalue weighted by atomic mass is 9.94. The van der Waals surface area contributed by atoms with Crippen LogP contribution in [-0.4, -0.2) is 52.7 Å². The molecule has 0 aliphatic heterocycles. The van der Waals surface area contributed by atoms with Gasteiger partial charge in [-0.15, -0.1) is 4.52 Å². The predicted molar refractivity (Wildman–Crippen MR) is 118 cm³/mol. The van der Waals surface area contributed by atoms with E-state index in [1.807, 2.05) is 0 Å². The summed E-state index contributed by atoms with van der Waals surface area (Å²) in [5, 5.41) is 4.16. The fourth-order valence-electron chi connectivity index (χ4n) is 3.15.